The Hall–Kier alpha value is -1.13. The summed E-state index contributed by atoms with van der Waals surface area (Å²) in [7, 11) is 0. The van der Waals surface area contributed by atoms with Gasteiger partial charge in [-0.2, -0.15) is 0 Å². The summed E-state index contributed by atoms with van der Waals surface area (Å²) < 4.78 is 6.72. The second-order valence-corrected chi connectivity index (χ2v) is 4.72. The first-order valence-electron chi connectivity index (χ1n) is 5.49. The van der Waals surface area contributed by atoms with Crippen LogP contribution in [0.1, 0.15) is 11.7 Å². The zero-order valence-corrected chi connectivity index (χ0v) is 11.0. The van der Waals surface area contributed by atoms with Gasteiger partial charge >= 0.3 is 0 Å². The number of ether oxygens (including phenoxy) is 1. The van der Waals surface area contributed by atoms with Crippen LogP contribution in [0.5, 0.6) is 0 Å². The van der Waals surface area contributed by atoms with E-state index in [0.717, 1.165) is 10.0 Å². The van der Waals surface area contributed by atoms with Crippen LogP contribution in [0, 0.1) is 0 Å². The predicted molar refractivity (Wildman–Crippen MR) is 69.6 cm³/mol. The van der Waals surface area contributed by atoms with Crippen LogP contribution < -0.4 is 0 Å². The molecule has 0 aromatic heterocycles. The van der Waals surface area contributed by atoms with Crippen molar-refractivity contribution < 1.29 is 9.53 Å². The van der Waals surface area contributed by atoms with E-state index in [1.165, 1.54) is 6.08 Å². The van der Waals surface area contributed by atoms with Crippen molar-refractivity contribution >= 4 is 21.8 Å². The van der Waals surface area contributed by atoms with E-state index >= 15 is 0 Å². The van der Waals surface area contributed by atoms with Gasteiger partial charge in [-0.15, -0.1) is 0 Å². The molecule has 1 aromatic carbocycles. The molecule has 1 amide bonds. The van der Waals surface area contributed by atoms with Crippen LogP contribution in [-0.2, 0) is 9.53 Å². The fourth-order valence-electron chi connectivity index (χ4n) is 1.90. The molecule has 0 bridgehead atoms. The molecule has 1 saturated heterocycles. The number of hydrogen-bond acceptors (Lipinski definition) is 2. The number of rotatable bonds is 2. The van der Waals surface area contributed by atoms with Gasteiger partial charge in [-0.1, -0.05) is 40.7 Å². The van der Waals surface area contributed by atoms with Crippen molar-refractivity contribution in [2.75, 3.05) is 19.7 Å². The van der Waals surface area contributed by atoms with Gasteiger partial charge in [-0.25, -0.2) is 0 Å². The molecule has 0 aliphatic carbocycles. The van der Waals surface area contributed by atoms with E-state index in [4.69, 9.17) is 4.74 Å². The first kappa shape index (κ1) is 12.3. The van der Waals surface area contributed by atoms with Crippen molar-refractivity contribution in [3.63, 3.8) is 0 Å². The Morgan fingerprint density at radius 2 is 2.29 bits per heavy atom. The highest BCUT2D eigenvalue weighted by Gasteiger charge is 2.25. The normalized spacial score (nSPS) is 20.1. The molecule has 1 unspecified atom stereocenters. The Morgan fingerprint density at radius 1 is 1.53 bits per heavy atom. The number of hydrogen-bond donors (Lipinski definition) is 0. The molecule has 0 N–H and O–H groups in total. The lowest BCUT2D eigenvalue weighted by molar-refractivity contribution is -0.133. The van der Waals surface area contributed by atoms with Crippen LogP contribution in [0.2, 0.25) is 0 Å². The molecule has 90 valence electrons. The molecule has 1 aromatic rings. The molecule has 1 atom stereocenters. The second-order valence-electron chi connectivity index (χ2n) is 3.87. The van der Waals surface area contributed by atoms with Crippen molar-refractivity contribution in [1.29, 1.82) is 0 Å². The van der Waals surface area contributed by atoms with Crippen molar-refractivity contribution in [3.05, 3.63) is 47.0 Å². The zero-order chi connectivity index (χ0) is 12.3. The quantitative estimate of drug-likeness (QED) is 0.785. The Balaban J connectivity index is 2.15. The number of amides is 1. The number of halogens is 1. The van der Waals surface area contributed by atoms with Gasteiger partial charge in [-0.3, -0.25) is 4.79 Å². The molecule has 3 nitrogen and oxygen atoms in total. The van der Waals surface area contributed by atoms with E-state index in [9.17, 15) is 4.79 Å². The molecule has 1 aliphatic rings. The highest BCUT2D eigenvalue weighted by Crippen LogP contribution is 2.28. The van der Waals surface area contributed by atoms with E-state index in [1.807, 2.05) is 24.3 Å². The van der Waals surface area contributed by atoms with Crippen molar-refractivity contribution in [2.45, 2.75) is 6.10 Å². The number of carbonyl (C=O) groups excluding carboxylic acids is 1. The minimum Gasteiger partial charge on any atom is -0.370 e. The monoisotopic (exact) mass is 295 g/mol. The SMILES string of the molecule is C=CC(=O)N1CCOC(c2ccccc2Br)C1. The van der Waals surface area contributed by atoms with Crippen molar-refractivity contribution in [2.24, 2.45) is 0 Å². The summed E-state index contributed by atoms with van der Waals surface area (Å²) in [6.07, 6.45) is 1.28. The first-order chi connectivity index (χ1) is 8.22. The molecular formula is C13H14BrNO2. The van der Waals surface area contributed by atoms with Crippen LogP contribution >= 0.6 is 15.9 Å². The highest BCUT2D eigenvalue weighted by molar-refractivity contribution is 9.10. The lowest BCUT2D eigenvalue weighted by Crippen LogP contribution is -2.41. The molecular weight excluding hydrogens is 282 g/mol. The fraction of sp³-hybridized carbons (Fsp3) is 0.308. The minimum absolute atomic E-state index is 0.0367. The summed E-state index contributed by atoms with van der Waals surface area (Å²) in [5.74, 6) is -0.0367. The van der Waals surface area contributed by atoms with Gasteiger partial charge in [0.05, 0.1) is 13.2 Å². The smallest absolute Gasteiger partial charge is 0.246 e. The first-order valence-corrected chi connectivity index (χ1v) is 6.29. The average Bonchev–Trinajstić information content (AvgIpc) is 2.38. The van der Waals surface area contributed by atoms with Gasteiger partial charge in [0.1, 0.15) is 6.10 Å². The van der Waals surface area contributed by atoms with Crippen molar-refractivity contribution in [1.82, 2.24) is 4.90 Å². The van der Waals surface area contributed by atoms with Crippen molar-refractivity contribution in [3.8, 4) is 0 Å². The Labute approximate surface area is 109 Å². The molecule has 1 aliphatic heterocycles. The largest absolute Gasteiger partial charge is 0.370 e. The maximum atomic E-state index is 11.6. The van der Waals surface area contributed by atoms with E-state index in [1.54, 1.807) is 4.90 Å². The maximum Gasteiger partial charge on any atom is 0.246 e. The molecule has 0 saturated carbocycles. The van der Waals surface area contributed by atoms with Gasteiger partial charge in [0.2, 0.25) is 5.91 Å². The summed E-state index contributed by atoms with van der Waals surface area (Å²) in [5.41, 5.74) is 1.08. The van der Waals surface area contributed by atoms with E-state index in [2.05, 4.69) is 22.5 Å². The van der Waals surface area contributed by atoms with Gasteiger partial charge in [0.25, 0.3) is 0 Å². The molecule has 1 fully saturated rings. The van der Waals surface area contributed by atoms with Crippen LogP contribution in [-0.4, -0.2) is 30.5 Å². The predicted octanol–water partition coefficient (Wildman–Crippen LogP) is 2.54. The third-order valence-corrected chi connectivity index (χ3v) is 3.53. The third-order valence-electron chi connectivity index (χ3n) is 2.80. The second kappa shape index (κ2) is 5.47. The number of nitrogens with zero attached hydrogens (tertiary/aromatic N) is 1. The maximum absolute atomic E-state index is 11.6. The lowest BCUT2D eigenvalue weighted by atomic mass is 10.1. The molecule has 1 heterocycles. The van der Waals surface area contributed by atoms with Gasteiger partial charge in [0.15, 0.2) is 0 Å². The minimum atomic E-state index is -0.0665. The Morgan fingerprint density at radius 3 is 3.00 bits per heavy atom. The number of benzene rings is 1. The third kappa shape index (κ3) is 2.76. The van der Waals surface area contributed by atoms with Crippen LogP contribution in [0.3, 0.4) is 0 Å². The number of morpholine rings is 1. The molecule has 0 radical (unpaired) electrons. The Kier molecular flexibility index (Phi) is 3.97. The highest BCUT2D eigenvalue weighted by atomic mass is 79.9. The van der Waals surface area contributed by atoms with E-state index < -0.39 is 0 Å². The molecule has 2 rings (SSSR count). The summed E-state index contributed by atoms with van der Waals surface area (Å²) in [6.45, 7) is 5.28. The topological polar surface area (TPSA) is 29.5 Å². The summed E-state index contributed by atoms with van der Waals surface area (Å²) in [4.78, 5) is 13.3. The number of carbonyl (C=O) groups is 1. The van der Waals surface area contributed by atoms with E-state index in [0.29, 0.717) is 19.7 Å². The summed E-state index contributed by atoms with van der Waals surface area (Å²) in [5, 5.41) is 0. The summed E-state index contributed by atoms with van der Waals surface area (Å²) >= 11 is 3.50. The average molecular weight is 296 g/mol. The Bertz CT molecular complexity index is 433. The van der Waals surface area contributed by atoms with Gasteiger partial charge in [-0.05, 0) is 17.7 Å². The lowest BCUT2D eigenvalue weighted by Gasteiger charge is -2.32. The van der Waals surface area contributed by atoms with Gasteiger partial charge < -0.3 is 9.64 Å². The standard InChI is InChI=1S/C13H14BrNO2/c1-2-13(16)15-7-8-17-12(9-15)10-5-3-4-6-11(10)14/h2-6,12H,1,7-9H2. The molecule has 0 spiro atoms. The van der Waals surface area contributed by atoms with Crippen LogP contribution in [0.4, 0.5) is 0 Å². The fourth-order valence-corrected chi connectivity index (χ4v) is 2.44. The zero-order valence-electron chi connectivity index (χ0n) is 9.43. The summed E-state index contributed by atoms with van der Waals surface area (Å²) in [6, 6.07) is 7.92. The van der Waals surface area contributed by atoms with Crippen LogP contribution in [0.15, 0.2) is 41.4 Å². The van der Waals surface area contributed by atoms with E-state index in [-0.39, 0.29) is 12.0 Å². The van der Waals surface area contributed by atoms with Crippen LogP contribution in [0.25, 0.3) is 0 Å². The molecule has 4 heteroatoms. The molecule has 17 heavy (non-hydrogen) atoms. The van der Waals surface area contributed by atoms with Gasteiger partial charge in [0, 0.05) is 11.0 Å².